The van der Waals surface area contributed by atoms with Gasteiger partial charge in [-0.3, -0.25) is 4.79 Å². The SMILES string of the molecule is CC1C=C2N(C)C(=O)CC[C@]2(C)[C@@H]2CC[C@]3(C)C(O)CC[C@H]3[C@H]12. The van der Waals surface area contributed by atoms with Gasteiger partial charge in [0.2, 0.25) is 5.91 Å². The van der Waals surface area contributed by atoms with Crippen molar-refractivity contribution < 1.29 is 9.90 Å². The zero-order chi connectivity index (χ0) is 16.6. The number of rotatable bonds is 0. The van der Waals surface area contributed by atoms with E-state index in [1.54, 1.807) is 0 Å². The first-order chi connectivity index (χ1) is 10.8. The molecule has 0 spiro atoms. The van der Waals surface area contributed by atoms with Gasteiger partial charge < -0.3 is 10.0 Å². The Bertz CT molecular complexity index is 570. The number of hydrogen-bond acceptors (Lipinski definition) is 2. The molecule has 1 aliphatic heterocycles. The van der Waals surface area contributed by atoms with Gasteiger partial charge in [0.1, 0.15) is 0 Å². The van der Waals surface area contributed by atoms with Gasteiger partial charge in [0.15, 0.2) is 0 Å². The van der Waals surface area contributed by atoms with E-state index in [2.05, 4.69) is 26.8 Å². The van der Waals surface area contributed by atoms with Crippen LogP contribution in [0.15, 0.2) is 11.8 Å². The van der Waals surface area contributed by atoms with Crippen molar-refractivity contribution in [2.75, 3.05) is 7.05 Å². The van der Waals surface area contributed by atoms with Crippen LogP contribution in [0.4, 0.5) is 0 Å². The second-order valence-electron chi connectivity index (χ2n) is 9.21. The predicted molar refractivity (Wildman–Crippen MR) is 90.4 cm³/mol. The average molecular weight is 317 g/mol. The fraction of sp³-hybridized carbons (Fsp3) is 0.850. The van der Waals surface area contributed by atoms with Crippen molar-refractivity contribution in [2.45, 2.75) is 65.4 Å². The van der Waals surface area contributed by atoms with Gasteiger partial charge in [0.05, 0.1) is 6.10 Å². The van der Waals surface area contributed by atoms with Crippen LogP contribution in [0.5, 0.6) is 0 Å². The minimum Gasteiger partial charge on any atom is -0.393 e. The van der Waals surface area contributed by atoms with Gasteiger partial charge in [-0.15, -0.1) is 0 Å². The molecule has 0 aromatic carbocycles. The monoisotopic (exact) mass is 317 g/mol. The smallest absolute Gasteiger partial charge is 0.226 e. The molecule has 4 aliphatic rings. The lowest BCUT2D eigenvalue weighted by Crippen LogP contribution is -2.55. The molecule has 0 aromatic heterocycles. The van der Waals surface area contributed by atoms with E-state index in [1.165, 1.54) is 18.5 Å². The minimum atomic E-state index is -0.116. The third kappa shape index (κ3) is 1.89. The highest BCUT2D eigenvalue weighted by atomic mass is 16.3. The molecule has 3 nitrogen and oxygen atoms in total. The number of carbonyl (C=O) groups is 1. The third-order valence-corrected chi connectivity index (χ3v) is 8.31. The molecule has 7 atom stereocenters. The van der Waals surface area contributed by atoms with Crippen molar-refractivity contribution in [2.24, 2.45) is 34.5 Å². The van der Waals surface area contributed by atoms with Gasteiger partial charge in [-0.2, -0.15) is 0 Å². The van der Waals surface area contributed by atoms with E-state index in [4.69, 9.17) is 0 Å². The molecule has 0 aromatic rings. The number of aliphatic hydroxyl groups excluding tert-OH is 1. The van der Waals surface area contributed by atoms with E-state index in [0.717, 1.165) is 19.3 Å². The molecule has 1 N–H and O–H groups in total. The first kappa shape index (κ1) is 15.7. The molecule has 1 heterocycles. The zero-order valence-electron chi connectivity index (χ0n) is 15.0. The molecule has 1 saturated heterocycles. The number of allylic oxidation sites excluding steroid dienone is 2. The Hall–Kier alpha value is -0.830. The van der Waals surface area contributed by atoms with Gasteiger partial charge in [-0.25, -0.2) is 0 Å². The number of carbonyl (C=O) groups excluding carboxylic acids is 1. The summed E-state index contributed by atoms with van der Waals surface area (Å²) in [6, 6.07) is 0. The summed E-state index contributed by atoms with van der Waals surface area (Å²) < 4.78 is 0. The summed E-state index contributed by atoms with van der Waals surface area (Å²) in [6.45, 7) is 7.07. The molecule has 3 aliphatic carbocycles. The number of fused-ring (bicyclic) bond motifs is 5. The summed E-state index contributed by atoms with van der Waals surface area (Å²) in [5.41, 5.74) is 1.55. The normalized spacial score (nSPS) is 52.6. The second kappa shape index (κ2) is 4.84. The van der Waals surface area contributed by atoms with E-state index in [1.807, 2.05) is 11.9 Å². The number of hydrogen-bond donors (Lipinski definition) is 1. The third-order valence-electron chi connectivity index (χ3n) is 8.31. The summed E-state index contributed by atoms with van der Waals surface area (Å²) in [7, 11) is 1.96. The van der Waals surface area contributed by atoms with Crippen LogP contribution in [0.2, 0.25) is 0 Å². The maximum atomic E-state index is 12.2. The van der Waals surface area contributed by atoms with Crippen molar-refractivity contribution in [3.8, 4) is 0 Å². The molecule has 128 valence electrons. The van der Waals surface area contributed by atoms with Gasteiger partial charge >= 0.3 is 0 Å². The number of likely N-dealkylation sites (tertiary alicyclic amines) is 1. The molecule has 4 rings (SSSR count). The standard InChI is InChI=1S/C20H31NO2/c1-12-11-15-19(2,10-8-17(23)21(15)4)14-7-9-20(3)13(18(12)14)5-6-16(20)22/h11-14,16,18,22H,5-10H2,1-4H3/t12?,13-,14+,16?,18-,19+,20-/m0/s1. The molecule has 2 unspecified atom stereocenters. The van der Waals surface area contributed by atoms with Gasteiger partial charge in [-0.05, 0) is 61.2 Å². The van der Waals surface area contributed by atoms with Crippen molar-refractivity contribution in [3.63, 3.8) is 0 Å². The summed E-state index contributed by atoms with van der Waals surface area (Å²) in [5.74, 6) is 2.75. The molecule has 2 saturated carbocycles. The van der Waals surface area contributed by atoms with E-state index in [9.17, 15) is 9.90 Å². The lowest BCUT2D eigenvalue weighted by atomic mass is 9.47. The maximum Gasteiger partial charge on any atom is 0.226 e. The van der Waals surface area contributed by atoms with Crippen LogP contribution in [0.1, 0.15) is 59.3 Å². The largest absolute Gasteiger partial charge is 0.393 e. The van der Waals surface area contributed by atoms with Crippen molar-refractivity contribution >= 4 is 5.91 Å². The number of piperidine rings is 1. The van der Waals surface area contributed by atoms with E-state index in [0.29, 0.717) is 30.1 Å². The van der Waals surface area contributed by atoms with Crippen LogP contribution in [-0.2, 0) is 4.79 Å². The van der Waals surface area contributed by atoms with E-state index >= 15 is 0 Å². The van der Waals surface area contributed by atoms with Crippen molar-refractivity contribution in [1.82, 2.24) is 4.90 Å². The van der Waals surface area contributed by atoms with Crippen LogP contribution in [0, 0.1) is 34.5 Å². The quantitative estimate of drug-likeness (QED) is 0.742. The number of amides is 1. The summed E-state index contributed by atoms with van der Waals surface area (Å²) >= 11 is 0. The first-order valence-corrected chi connectivity index (χ1v) is 9.46. The summed E-state index contributed by atoms with van der Waals surface area (Å²) in [6.07, 6.45) is 8.47. The molecule has 23 heavy (non-hydrogen) atoms. The maximum absolute atomic E-state index is 12.2. The van der Waals surface area contributed by atoms with Crippen molar-refractivity contribution in [3.05, 3.63) is 11.8 Å². The first-order valence-electron chi connectivity index (χ1n) is 9.46. The van der Waals surface area contributed by atoms with Crippen LogP contribution < -0.4 is 0 Å². The highest BCUT2D eigenvalue weighted by molar-refractivity contribution is 5.79. The van der Waals surface area contributed by atoms with Gasteiger partial charge in [-0.1, -0.05) is 26.8 Å². The second-order valence-corrected chi connectivity index (χ2v) is 9.21. The molecular formula is C20H31NO2. The van der Waals surface area contributed by atoms with Crippen molar-refractivity contribution in [1.29, 1.82) is 0 Å². The molecule has 1 amide bonds. The highest BCUT2D eigenvalue weighted by Gasteiger charge is 2.60. The minimum absolute atomic E-state index is 0.116. The Kier molecular flexibility index (Phi) is 3.30. The lowest BCUT2D eigenvalue weighted by molar-refractivity contribution is -0.137. The Morgan fingerprint density at radius 2 is 1.91 bits per heavy atom. The Labute approximate surface area is 140 Å². The Morgan fingerprint density at radius 1 is 1.17 bits per heavy atom. The lowest BCUT2D eigenvalue weighted by Gasteiger charge is -2.59. The van der Waals surface area contributed by atoms with E-state index < -0.39 is 0 Å². The predicted octanol–water partition coefficient (Wildman–Crippen LogP) is 3.58. The molecule has 3 heteroatoms. The fourth-order valence-electron chi connectivity index (χ4n) is 6.86. The number of nitrogens with zero attached hydrogens (tertiary/aromatic N) is 1. The molecule has 0 bridgehead atoms. The van der Waals surface area contributed by atoms with Crippen LogP contribution >= 0.6 is 0 Å². The summed E-state index contributed by atoms with van der Waals surface area (Å²) in [4.78, 5) is 14.1. The topological polar surface area (TPSA) is 40.5 Å². The molecule has 0 radical (unpaired) electrons. The highest BCUT2D eigenvalue weighted by Crippen LogP contribution is 2.65. The Balaban J connectivity index is 1.77. The summed E-state index contributed by atoms with van der Waals surface area (Å²) in [5, 5.41) is 10.6. The molecular weight excluding hydrogens is 286 g/mol. The van der Waals surface area contributed by atoms with Crippen LogP contribution in [-0.4, -0.2) is 29.1 Å². The average Bonchev–Trinajstić information content (AvgIpc) is 2.82. The van der Waals surface area contributed by atoms with Crippen LogP contribution in [0.25, 0.3) is 0 Å². The molecule has 3 fully saturated rings. The zero-order valence-corrected chi connectivity index (χ0v) is 15.0. The Morgan fingerprint density at radius 3 is 2.65 bits per heavy atom. The fourth-order valence-corrected chi connectivity index (χ4v) is 6.86. The van der Waals surface area contributed by atoms with Gasteiger partial charge in [0, 0.05) is 24.6 Å². The van der Waals surface area contributed by atoms with Crippen LogP contribution in [0.3, 0.4) is 0 Å². The van der Waals surface area contributed by atoms with Gasteiger partial charge in [0.25, 0.3) is 0 Å². The number of aliphatic hydroxyl groups is 1. The van der Waals surface area contributed by atoms with E-state index in [-0.39, 0.29) is 22.8 Å².